The Labute approximate surface area is 155 Å². The Morgan fingerprint density at radius 3 is 2.59 bits per heavy atom. The van der Waals surface area contributed by atoms with E-state index in [1.165, 1.54) is 7.11 Å². The van der Waals surface area contributed by atoms with Gasteiger partial charge < -0.3 is 14.4 Å². The zero-order valence-corrected chi connectivity index (χ0v) is 14.6. The Kier molecular flexibility index (Phi) is 4.33. The summed E-state index contributed by atoms with van der Waals surface area (Å²) < 4.78 is 12.2. The number of hydrogen-bond acceptors (Lipinski definition) is 5. The smallest absolute Gasteiger partial charge is 0.348 e. The Morgan fingerprint density at radius 2 is 1.89 bits per heavy atom. The molecule has 3 aromatic rings. The highest BCUT2D eigenvalue weighted by Gasteiger charge is 2.34. The quantitative estimate of drug-likeness (QED) is 0.669. The molecule has 1 unspecified atom stereocenters. The molecule has 0 radical (unpaired) electrons. The second-order valence-electron chi connectivity index (χ2n) is 6.01. The Hall–Kier alpha value is -3.61. The Balaban J connectivity index is 1.64. The van der Waals surface area contributed by atoms with E-state index in [9.17, 15) is 9.59 Å². The SMILES string of the molecule is COC(=O)C1CN(C(=O)c2ccc(-n3cccn3)cc2)c2ccccc2O1. The summed E-state index contributed by atoms with van der Waals surface area (Å²) >= 11 is 0. The number of amides is 1. The van der Waals surface area contributed by atoms with E-state index < -0.39 is 12.1 Å². The van der Waals surface area contributed by atoms with Gasteiger partial charge in [0, 0.05) is 18.0 Å². The number of aromatic nitrogens is 2. The van der Waals surface area contributed by atoms with Crippen molar-refractivity contribution >= 4 is 17.6 Å². The lowest BCUT2D eigenvalue weighted by atomic mass is 10.1. The van der Waals surface area contributed by atoms with Crippen LogP contribution >= 0.6 is 0 Å². The maximum Gasteiger partial charge on any atom is 0.348 e. The first-order valence-corrected chi connectivity index (χ1v) is 8.43. The summed E-state index contributed by atoms with van der Waals surface area (Å²) in [5.74, 6) is -0.260. The van der Waals surface area contributed by atoms with Crippen LogP contribution in [0.15, 0.2) is 67.0 Å². The lowest BCUT2D eigenvalue weighted by molar-refractivity contribution is -0.148. The molecule has 7 nitrogen and oxygen atoms in total. The van der Waals surface area contributed by atoms with Gasteiger partial charge in [-0.05, 0) is 42.5 Å². The van der Waals surface area contributed by atoms with Crippen molar-refractivity contribution in [1.29, 1.82) is 0 Å². The van der Waals surface area contributed by atoms with Crippen molar-refractivity contribution in [2.24, 2.45) is 0 Å². The van der Waals surface area contributed by atoms with Crippen LogP contribution in [0.4, 0.5) is 5.69 Å². The van der Waals surface area contributed by atoms with Gasteiger partial charge in [0.25, 0.3) is 5.91 Å². The minimum Gasteiger partial charge on any atom is -0.475 e. The topological polar surface area (TPSA) is 73.7 Å². The average molecular weight is 363 g/mol. The number of carbonyl (C=O) groups is 2. The third-order valence-electron chi connectivity index (χ3n) is 4.37. The van der Waals surface area contributed by atoms with Gasteiger partial charge >= 0.3 is 5.97 Å². The summed E-state index contributed by atoms with van der Waals surface area (Å²) in [5.41, 5.74) is 1.98. The molecule has 0 saturated heterocycles. The van der Waals surface area contributed by atoms with E-state index in [0.717, 1.165) is 5.69 Å². The maximum absolute atomic E-state index is 13.1. The van der Waals surface area contributed by atoms with Crippen molar-refractivity contribution in [3.8, 4) is 11.4 Å². The van der Waals surface area contributed by atoms with Crippen molar-refractivity contribution < 1.29 is 19.1 Å². The molecule has 1 amide bonds. The van der Waals surface area contributed by atoms with Crippen LogP contribution in [-0.2, 0) is 9.53 Å². The molecule has 1 aliphatic heterocycles. The second-order valence-corrected chi connectivity index (χ2v) is 6.01. The van der Waals surface area contributed by atoms with Crippen LogP contribution in [0, 0.1) is 0 Å². The van der Waals surface area contributed by atoms with E-state index >= 15 is 0 Å². The third kappa shape index (κ3) is 3.15. The van der Waals surface area contributed by atoms with E-state index in [1.807, 2.05) is 30.5 Å². The van der Waals surface area contributed by atoms with Gasteiger partial charge in [-0.15, -0.1) is 0 Å². The number of fused-ring (bicyclic) bond motifs is 1. The van der Waals surface area contributed by atoms with Crippen LogP contribution in [0.2, 0.25) is 0 Å². The molecule has 2 heterocycles. The maximum atomic E-state index is 13.1. The zero-order valence-electron chi connectivity index (χ0n) is 14.6. The molecule has 1 aromatic heterocycles. The largest absolute Gasteiger partial charge is 0.475 e. The fourth-order valence-electron chi connectivity index (χ4n) is 3.02. The first-order chi connectivity index (χ1) is 13.2. The van der Waals surface area contributed by atoms with E-state index in [0.29, 0.717) is 17.0 Å². The molecule has 0 aliphatic carbocycles. The van der Waals surface area contributed by atoms with Crippen LogP contribution in [0.3, 0.4) is 0 Å². The highest BCUT2D eigenvalue weighted by molar-refractivity contribution is 6.07. The van der Waals surface area contributed by atoms with Crippen LogP contribution < -0.4 is 9.64 Å². The molecule has 0 saturated carbocycles. The van der Waals surface area contributed by atoms with Gasteiger partial charge in [-0.2, -0.15) is 5.10 Å². The molecule has 0 fully saturated rings. The van der Waals surface area contributed by atoms with E-state index in [1.54, 1.807) is 46.1 Å². The van der Waals surface area contributed by atoms with Crippen LogP contribution in [0.1, 0.15) is 10.4 Å². The number of carbonyl (C=O) groups excluding carboxylic acids is 2. The number of methoxy groups -OCH3 is 1. The first-order valence-electron chi connectivity index (χ1n) is 8.43. The van der Waals surface area contributed by atoms with Gasteiger partial charge in [0.05, 0.1) is 25.0 Å². The van der Waals surface area contributed by atoms with E-state index in [-0.39, 0.29) is 12.5 Å². The number of esters is 1. The molecule has 27 heavy (non-hydrogen) atoms. The minimum atomic E-state index is -0.864. The Morgan fingerprint density at radius 1 is 1.11 bits per heavy atom. The average Bonchev–Trinajstić information content (AvgIpc) is 3.27. The second kappa shape index (κ2) is 6.95. The fraction of sp³-hybridized carbons (Fsp3) is 0.150. The molecular weight excluding hydrogens is 346 g/mol. The zero-order chi connectivity index (χ0) is 18.8. The predicted molar refractivity (Wildman–Crippen MR) is 98.1 cm³/mol. The van der Waals surface area contributed by atoms with Gasteiger partial charge in [-0.1, -0.05) is 12.1 Å². The predicted octanol–water partition coefficient (Wildman–Crippen LogP) is 2.45. The molecule has 136 valence electrons. The molecule has 4 rings (SSSR count). The van der Waals surface area contributed by atoms with Gasteiger partial charge in [-0.3, -0.25) is 4.79 Å². The lowest BCUT2D eigenvalue weighted by Gasteiger charge is -2.33. The summed E-state index contributed by atoms with van der Waals surface area (Å²) in [6, 6.07) is 16.1. The molecule has 1 atom stereocenters. The minimum absolute atomic E-state index is 0.0867. The van der Waals surface area contributed by atoms with Crippen LogP contribution in [0.25, 0.3) is 5.69 Å². The fourth-order valence-corrected chi connectivity index (χ4v) is 3.02. The summed E-state index contributed by atoms with van der Waals surface area (Å²) in [6.07, 6.45) is 2.66. The number of ether oxygens (including phenoxy) is 2. The molecule has 1 aliphatic rings. The molecule has 0 spiro atoms. The van der Waals surface area contributed by atoms with Crippen molar-refractivity contribution in [3.05, 3.63) is 72.6 Å². The monoisotopic (exact) mass is 363 g/mol. The molecule has 2 aromatic carbocycles. The highest BCUT2D eigenvalue weighted by atomic mass is 16.6. The van der Waals surface area contributed by atoms with Crippen molar-refractivity contribution in [2.75, 3.05) is 18.6 Å². The van der Waals surface area contributed by atoms with Gasteiger partial charge in [0.1, 0.15) is 5.75 Å². The molecule has 7 heteroatoms. The number of hydrogen-bond donors (Lipinski definition) is 0. The number of nitrogens with zero attached hydrogens (tertiary/aromatic N) is 3. The van der Waals surface area contributed by atoms with E-state index in [2.05, 4.69) is 5.10 Å². The summed E-state index contributed by atoms with van der Waals surface area (Å²) in [4.78, 5) is 26.6. The normalized spacial score (nSPS) is 15.6. The van der Waals surface area contributed by atoms with Crippen molar-refractivity contribution in [3.63, 3.8) is 0 Å². The summed E-state index contributed by atoms with van der Waals surface area (Å²) in [5, 5.41) is 4.17. The first kappa shape index (κ1) is 16.8. The Bertz CT molecular complexity index is 967. The summed E-state index contributed by atoms with van der Waals surface area (Å²) in [6.45, 7) is 0.0867. The van der Waals surface area contributed by atoms with Gasteiger partial charge in [0.2, 0.25) is 6.10 Å². The molecule has 0 N–H and O–H groups in total. The highest BCUT2D eigenvalue weighted by Crippen LogP contribution is 2.34. The van der Waals surface area contributed by atoms with Gasteiger partial charge in [0.15, 0.2) is 0 Å². The third-order valence-corrected chi connectivity index (χ3v) is 4.37. The van der Waals surface area contributed by atoms with Crippen molar-refractivity contribution in [2.45, 2.75) is 6.10 Å². The van der Waals surface area contributed by atoms with Crippen molar-refractivity contribution in [1.82, 2.24) is 9.78 Å². The molecular formula is C20H17N3O4. The number of anilines is 1. The standard InChI is InChI=1S/C20H17N3O4/c1-26-20(25)18-13-22(16-5-2-3-6-17(16)27-18)19(24)14-7-9-15(10-8-14)23-12-4-11-21-23/h2-12,18H,13H2,1H3. The number of rotatable bonds is 3. The van der Waals surface area contributed by atoms with Gasteiger partial charge in [-0.25, -0.2) is 9.48 Å². The number of para-hydroxylation sites is 2. The summed E-state index contributed by atoms with van der Waals surface area (Å²) in [7, 11) is 1.30. The number of benzene rings is 2. The lowest BCUT2D eigenvalue weighted by Crippen LogP contribution is -2.47. The van der Waals surface area contributed by atoms with Crippen LogP contribution in [0.5, 0.6) is 5.75 Å². The van der Waals surface area contributed by atoms with Crippen LogP contribution in [-0.4, -0.2) is 41.4 Å². The molecule has 0 bridgehead atoms. The van der Waals surface area contributed by atoms with E-state index in [4.69, 9.17) is 9.47 Å².